The number of carboxylic acid groups (broad SMARTS) is 1. The number of hydrogen-bond donors (Lipinski definition) is 2. The van der Waals surface area contributed by atoms with Gasteiger partial charge in [-0.05, 0) is 12.0 Å². The summed E-state index contributed by atoms with van der Waals surface area (Å²) in [7, 11) is 0. The Labute approximate surface area is 138 Å². The normalized spacial score (nSPS) is 11.4. The average Bonchev–Trinajstić information content (AvgIpc) is 2.62. The van der Waals surface area contributed by atoms with Crippen molar-refractivity contribution in [2.75, 3.05) is 5.43 Å². The van der Waals surface area contributed by atoms with E-state index >= 15 is 0 Å². The minimum Gasteiger partial charge on any atom is -0.477 e. The van der Waals surface area contributed by atoms with Gasteiger partial charge in [0.25, 0.3) is 0 Å². The smallest absolute Gasteiger partial charge is 0.352 e. The maximum absolute atomic E-state index is 11.4. The number of rotatable bonds is 6. The lowest BCUT2D eigenvalue weighted by molar-refractivity contribution is -0.129. The zero-order chi connectivity index (χ0) is 16.8. The van der Waals surface area contributed by atoms with Gasteiger partial charge in [-0.2, -0.15) is 10.2 Å². The van der Waals surface area contributed by atoms with Crippen molar-refractivity contribution in [1.29, 1.82) is 0 Å². The van der Waals surface area contributed by atoms with Gasteiger partial charge in [0.1, 0.15) is 5.71 Å². The molecule has 0 amide bonds. The predicted molar refractivity (Wildman–Crippen MR) is 93.0 cm³/mol. The third-order valence-electron chi connectivity index (χ3n) is 3.61. The SMILES string of the molecule is O=C(O)C(CCc1ccccc1)=NNc1nncc2ccccc12. The second kappa shape index (κ2) is 7.32. The van der Waals surface area contributed by atoms with Crippen LogP contribution in [0.2, 0.25) is 0 Å². The summed E-state index contributed by atoms with van der Waals surface area (Å²) in [5.41, 5.74) is 3.85. The Morgan fingerprint density at radius 3 is 2.62 bits per heavy atom. The Kier molecular flexibility index (Phi) is 4.76. The van der Waals surface area contributed by atoms with Gasteiger partial charge in [-0.25, -0.2) is 4.79 Å². The lowest BCUT2D eigenvalue weighted by Crippen LogP contribution is -2.16. The molecule has 6 heteroatoms. The van der Waals surface area contributed by atoms with Crippen molar-refractivity contribution >= 4 is 28.3 Å². The van der Waals surface area contributed by atoms with Crippen molar-refractivity contribution in [1.82, 2.24) is 10.2 Å². The third kappa shape index (κ3) is 3.73. The van der Waals surface area contributed by atoms with Gasteiger partial charge in [0, 0.05) is 17.2 Å². The highest BCUT2D eigenvalue weighted by Crippen LogP contribution is 2.19. The molecule has 2 N–H and O–H groups in total. The molecule has 1 aromatic heterocycles. The Morgan fingerprint density at radius 2 is 1.83 bits per heavy atom. The number of hydrazone groups is 1. The summed E-state index contributed by atoms with van der Waals surface area (Å²) in [5.74, 6) is -0.613. The summed E-state index contributed by atoms with van der Waals surface area (Å²) in [5, 5.41) is 23.0. The van der Waals surface area contributed by atoms with Crippen LogP contribution in [0.1, 0.15) is 12.0 Å². The molecule has 1 heterocycles. The first-order valence-corrected chi connectivity index (χ1v) is 7.54. The maximum atomic E-state index is 11.4. The topological polar surface area (TPSA) is 87.5 Å². The van der Waals surface area contributed by atoms with Crippen molar-refractivity contribution in [3.63, 3.8) is 0 Å². The summed E-state index contributed by atoms with van der Waals surface area (Å²) in [6.45, 7) is 0. The standard InChI is InChI=1S/C18H16N4O2/c23-18(24)16(11-10-13-6-2-1-3-7-13)20-22-17-15-9-5-4-8-14(15)12-19-21-17/h1-9,12H,10-11H2,(H,21,22)(H,23,24). The monoisotopic (exact) mass is 320 g/mol. The van der Waals surface area contributed by atoms with Crippen LogP contribution < -0.4 is 5.43 Å². The quantitative estimate of drug-likeness (QED) is 0.538. The molecule has 0 radical (unpaired) electrons. The zero-order valence-corrected chi connectivity index (χ0v) is 12.9. The number of carboxylic acids is 1. The lowest BCUT2D eigenvalue weighted by Gasteiger charge is -2.06. The van der Waals surface area contributed by atoms with E-state index in [-0.39, 0.29) is 5.71 Å². The van der Waals surface area contributed by atoms with Crippen molar-refractivity contribution in [2.24, 2.45) is 5.10 Å². The molecule has 0 fully saturated rings. The van der Waals surface area contributed by atoms with Crippen molar-refractivity contribution in [3.8, 4) is 0 Å². The molecular formula is C18H16N4O2. The molecule has 0 saturated heterocycles. The van der Waals surface area contributed by atoms with E-state index in [0.29, 0.717) is 18.7 Å². The number of anilines is 1. The number of benzene rings is 2. The predicted octanol–water partition coefficient (Wildman–Crippen LogP) is 3.12. The van der Waals surface area contributed by atoms with Crippen LogP contribution in [0.3, 0.4) is 0 Å². The van der Waals surface area contributed by atoms with E-state index < -0.39 is 5.97 Å². The van der Waals surface area contributed by atoms with Crippen LogP contribution in [0.5, 0.6) is 0 Å². The third-order valence-corrected chi connectivity index (χ3v) is 3.61. The molecule has 3 aromatic rings. The number of aryl methyl sites for hydroxylation is 1. The molecule has 2 aromatic carbocycles. The molecule has 0 bridgehead atoms. The van der Waals surface area contributed by atoms with E-state index in [1.54, 1.807) is 6.20 Å². The summed E-state index contributed by atoms with van der Waals surface area (Å²) in [4.78, 5) is 11.4. The molecule has 3 rings (SSSR count). The molecule has 0 aliphatic heterocycles. The highest BCUT2D eigenvalue weighted by Gasteiger charge is 2.11. The number of fused-ring (bicyclic) bond motifs is 1. The number of carbonyl (C=O) groups is 1. The first kappa shape index (κ1) is 15.6. The molecule has 0 saturated carbocycles. The van der Waals surface area contributed by atoms with Gasteiger partial charge in [0.2, 0.25) is 0 Å². The molecule has 6 nitrogen and oxygen atoms in total. The van der Waals surface area contributed by atoms with Gasteiger partial charge < -0.3 is 5.11 Å². The number of aromatic nitrogens is 2. The van der Waals surface area contributed by atoms with Crippen molar-refractivity contribution in [3.05, 3.63) is 66.4 Å². The fourth-order valence-corrected chi connectivity index (χ4v) is 2.35. The first-order valence-electron chi connectivity index (χ1n) is 7.54. The Bertz CT molecular complexity index is 873. The van der Waals surface area contributed by atoms with Crippen LogP contribution in [-0.4, -0.2) is 27.0 Å². The van der Waals surface area contributed by atoms with Crippen LogP contribution in [0.4, 0.5) is 5.82 Å². The van der Waals surface area contributed by atoms with Gasteiger partial charge in [-0.3, -0.25) is 5.43 Å². The fraction of sp³-hybridized carbons (Fsp3) is 0.111. The Balaban J connectivity index is 1.77. The van der Waals surface area contributed by atoms with E-state index in [9.17, 15) is 9.90 Å². The van der Waals surface area contributed by atoms with E-state index in [0.717, 1.165) is 16.3 Å². The van der Waals surface area contributed by atoms with Crippen LogP contribution in [0.25, 0.3) is 10.8 Å². The van der Waals surface area contributed by atoms with Gasteiger partial charge in [0.05, 0.1) is 6.20 Å². The lowest BCUT2D eigenvalue weighted by atomic mass is 10.1. The number of nitrogens with one attached hydrogen (secondary N) is 1. The molecule has 0 aliphatic carbocycles. The summed E-state index contributed by atoms with van der Waals surface area (Å²) >= 11 is 0. The van der Waals surface area contributed by atoms with E-state index in [4.69, 9.17) is 0 Å². The summed E-state index contributed by atoms with van der Waals surface area (Å²) in [6, 6.07) is 17.3. The van der Waals surface area contributed by atoms with E-state index in [2.05, 4.69) is 20.7 Å². The Hall–Kier alpha value is -3.28. The minimum absolute atomic E-state index is 0.0496. The van der Waals surface area contributed by atoms with Crippen LogP contribution in [-0.2, 0) is 11.2 Å². The van der Waals surface area contributed by atoms with Crippen LogP contribution in [0, 0.1) is 0 Å². The highest BCUT2D eigenvalue weighted by atomic mass is 16.4. The molecule has 120 valence electrons. The Morgan fingerprint density at radius 1 is 1.08 bits per heavy atom. The first-order chi connectivity index (χ1) is 11.7. The molecule has 0 atom stereocenters. The van der Waals surface area contributed by atoms with E-state index in [1.807, 2.05) is 54.6 Å². The summed E-state index contributed by atoms with van der Waals surface area (Å²) < 4.78 is 0. The van der Waals surface area contributed by atoms with Crippen molar-refractivity contribution < 1.29 is 9.90 Å². The second-order valence-electron chi connectivity index (χ2n) is 5.24. The average molecular weight is 320 g/mol. The largest absolute Gasteiger partial charge is 0.477 e. The molecule has 0 spiro atoms. The van der Waals surface area contributed by atoms with Gasteiger partial charge in [0.15, 0.2) is 5.82 Å². The van der Waals surface area contributed by atoms with Gasteiger partial charge >= 0.3 is 5.97 Å². The van der Waals surface area contributed by atoms with Crippen LogP contribution in [0.15, 0.2) is 65.9 Å². The summed E-state index contributed by atoms with van der Waals surface area (Å²) in [6.07, 6.45) is 2.58. The van der Waals surface area contributed by atoms with Crippen molar-refractivity contribution in [2.45, 2.75) is 12.8 Å². The molecule has 0 aliphatic rings. The number of hydrogen-bond acceptors (Lipinski definition) is 5. The maximum Gasteiger partial charge on any atom is 0.352 e. The number of aliphatic carboxylic acids is 1. The number of nitrogens with zero attached hydrogens (tertiary/aromatic N) is 3. The van der Waals surface area contributed by atoms with Gasteiger partial charge in [-0.1, -0.05) is 54.6 Å². The molecular weight excluding hydrogens is 304 g/mol. The second-order valence-corrected chi connectivity index (χ2v) is 5.24. The van der Waals surface area contributed by atoms with Gasteiger partial charge in [-0.15, -0.1) is 5.10 Å². The van der Waals surface area contributed by atoms with E-state index in [1.165, 1.54) is 0 Å². The zero-order valence-electron chi connectivity index (χ0n) is 12.9. The minimum atomic E-state index is -1.05. The molecule has 0 unspecified atom stereocenters. The molecule has 24 heavy (non-hydrogen) atoms. The fourth-order valence-electron chi connectivity index (χ4n) is 2.35. The van der Waals surface area contributed by atoms with Crippen LogP contribution >= 0.6 is 0 Å². The highest BCUT2D eigenvalue weighted by molar-refractivity contribution is 6.35.